The van der Waals surface area contributed by atoms with Gasteiger partial charge in [-0.05, 0) is 25.7 Å². The number of carbonyl (C=O) groups excluding carboxylic acids is 1. The van der Waals surface area contributed by atoms with Gasteiger partial charge in [-0.1, -0.05) is 13.8 Å². The zero-order valence-electron chi connectivity index (χ0n) is 14.2. The van der Waals surface area contributed by atoms with Gasteiger partial charge >= 0.3 is 6.09 Å². The first-order chi connectivity index (χ1) is 11.1. The Hall–Kier alpha value is -2.05. The molecule has 1 aliphatic rings. The van der Waals surface area contributed by atoms with Gasteiger partial charge in [0.25, 0.3) is 0 Å². The van der Waals surface area contributed by atoms with Crippen molar-refractivity contribution in [3.8, 4) is 0 Å². The minimum atomic E-state index is -0.215. The van der Waals surface area contributed by atoms with Crippen molar-refractivity contribution in [1.29, 1.82) is 0 Å². The van der Waals surface area contributed by atoms with E-state index >= 15 is 0 Å². The molecule has 0 aromatic carbocycles. The third-order valence-electron chi connectivity index (χ3n) is 3.73. The molecule has 1 aliphatic heterocycles. The van der Waals surface area contributed by atoms with Crippen LogP contribution < -0.4 is 10.6 Å². The number of nitrogens with zero attached hydrogens (tertiary/aromatic N) is 3. The fraction of sp³-hybridized carbons (Fsp3) is 0.688. The molecule has 0 saturated carbocycles. The third kappa shape index (κ3) is 5.58. The van der Waals surface area contributed by atoms with Crippen LogP contribution in [0.5, 0.6) is 0 Å². The van der Waals surface area contributed by atoms with Crippen molar-refractivity contribution in [1.82, 2.24) is 14.9 Å². The maximum absolute atomic E-state index is 11.7. The first kappa shape index (κ1) is 17.3. The molecule has 0 bridgehead atoms. The topological polar surface area (TPSA) is 79.4 Å². The van der Waals surface area contributed by atoms with Crippen LogP contribution >= 0.6 is 0 Å². The summed E-state index contributed by atoms with van der Waals surface area (Å²) in [6.45, 7) is 8.86. The molecule has 0 aliphatic carbocycles. The number of anilines is 2. The largest absolute Gasteiger partial charge is 0.450 e. The van der Waals surface area contributed by atoms with Crippen LogP contribution in [0.4, 0.5) is 16.4 Å². The zero-order valence-corrected chi connectivity index (χ0v) is 14.2. The second-order valence-corrected chi connectivity index (χ2v) is 6.17. The smallest absolute Gasteiger partial charge is 0.409 e. The second-order valence-electron chi connectivity index (χ2n) is 6.17. The number of aromatic nitrogens is 2. The van der Waals surface area contributed by atoms with Crippen LogP contribution in [-0.2, 0) is 4.74 Å². The molecule has 128 valence electrons. The van der Waals surface area contributed by atoms with Crippen LogP contribution in [-0.4, -0.2) is 53.2 Å². The Bertz CT molecular complexity index is 501. The van der Waals surface area contributed by atoms with Gasteiger partial charge in [-0.2, -0.15) is 0 Å². The Morgan fingerprint density at radius 3 is 2.70 bits per heavy atom. The summed E-state index contributed by atoms with van der Waals surface area (Å²) in [6.07, 6.45) is 3.13. The van der Waals surface area contributed by atoms with Gasteiger partial charge in [0, 0.05) is 31.7 Å². The summed E-state index contributed by atoms with van der Waals surface area (Å²) in [5.74, 6) is 2.22. The number of rotatable bonds is 6. The molecule has 0 radical (unpaired) electrons. The molecule has 1 aromatic rings. The van der Waals surface area contributed by atoms with Crippen molar-refractivity contribution in [2.24, 2.45) is 5.92 Å². The Morgan fingerprint density at radius 2 is 2.04 bits per heavy atom. The van der Waals surface area contributed by atoms with E-state index in [1.165, 1.54) is 0 Å². The fourth-order valence-corrected chi connectivity index (χ4v) is 2.47. The predicted octanol–water partition coefficient (Wildman–Crippen LogP) is 2.58. The quantitative estimate of drug-likeness (QED) is 0.838. The predicted molar refractivity (Wildman–Crippen MR) is 90.6 cm³/mol. The van der Waals surface area contributed by atoms with Crippen LogP contribution in [0.3, 0.4) is 0 Å². The van der Waals surface area contributed by atoms with Crippen LogP contribution in [0, 0.1) is 5.92 Å². The number of nitrogens with one attached hydrogen (secondary N) is 2. The maximum Gasteiger partial charge on any atom is 0.409 e. The monoisotopic (exact) mass is 321 g/mol. The van der Waals surface area contributed by atoms with E-state index in [0.717, 1.165) is 31.0 Å². The molecular formula is C16H27N5O2. The molecule has 7 heteroatoms. The summed E-state index contributed by atoms with van der Waals surface area (Å²) < 4.78 is 5.03. The normalized spacial score (nSPS) is 15.6. The average molecular weight is 321 g/mol. The lowest BCUT2D eigenvalue weighted by Gasteiger charge is -2.31. The SMILES string of the molecule is CCOC(=O)N1CCC(Nc2cc(NCC(C)C)ncn2)CC1. The van der Waals surface area contributed by atoms with Crippen LogP contribution in [0.15, 0.2) is 12.4 Å². The lowest BCUT2D eigenvalue weighted by molar-refractivity contribution is 0.0983. The average Bonchev–Trinajstić information content (AvgIpc) is 2.54. The molecule has 1 fully saturated rings. The summed E-state index contributed by atoms with van der Waals surface area (Å²) in [7, 11) is 0. The molecule has 0 atom stereocenters. The molecule has 23 heavy (non-hydrogen) atoms. The Morgan fingerprint density at radius 1 is 1.35 bits per heavy atom. The van der Waals surface area contributed by atoms with E-state index in [1.54, 1.807) is 11.2 Å². The Labute approximate surface area is 137 Å². The highest BCUT2D eigenvalue weighted by Crippen LogP contribution is 2.17. The number of hydrogen-bond acceptors (Lipinski definition) is 6. The van der Waals surface area contributed by atoms with Crippen molar-refractivity contribution in [3.63, 3.8) is 0 Å². The van der Waals surface area contributed by atoms with Gasteiger partial charge in [0.15, 0.2) is 0 Å². The molecule has 2 heterocycles. The van der Waals surface area contributed by atoms with E-state index in [4.69, 9.17) is 4.74 Å². The van der Waals surface area contributed by atoms with Crippen molar-refractivity contribution in [2.75, 3.05) is 36.9 Å². The van der Waals surface area contributed by atoms with Gasteiger partial charge < -0.3 is 20.3 Å². The highest BCUT2D eigenvalue weighted by Gasteiger charge is 2.23. The highest BCUT2D eigenvalue weighted by molar-refractivity contribution is 5.67. The van der Waals surface area contributed by atoms with Gasteiger partial charge in [-0.25, -0.2) is 14.8 Å². The van der Waals surface area contributed by atoms with Crippen LogP contribution in [0.25, 0.3) is 0 Å². The highest BCUT2D eigenvalue weighted by atomic mass is 16.6. The van der Waals surface area contributed by atoms with E-state index in [1.807, 2.05) is 13.0 Å². The van der Waals surface area contributed by atoms with Crippen molar-refractivity contribution < 1.29 is 9.53 Å². The number of piperidine rings is 1. The Balaban J connectivity index is 1.82. The van der Waals surface area contributed by atoms with Gasteiger partial charge in [-0.15, -0.1) is 0 Å². The van der Waals surface area contributed by atoms with E-state index in [9.17, 15) is 4.79 Å². The molecule has 0 spiro atoms. The first-order valence-electron chi connectivity index (χ1n) is 8.32. The van der Waals surface area contributed by atoms with Gasteiger partial charge in [-0.3, -0.25) is 0 Å². The van der Waals surface area contributed by atoms with Crippen LogP contribution in [0.2, 0.25) is 0 Å². The summed E-state index contributed by atoms with van der Waals surface area (Å²) in [4.78, 5) is 22.0. The molecule has 1 aromatic heterocycles. The number of carbonyl (C=O) groups is 1. The summed E-state index contributed by atoms with van der Waals surface area (Å²) in [5.41, 5.74) is 0. The van der Waals surface area contributed by atoms with Crippen molar-refractivity contribution in [2.45, 2.75) is 39.7 Å². The second kappa shape index (κ2) is 8.55. The third-order valence-corrected chi connectivity index (χ3v) is 3.73. The number of ether oxygens (including phenoxy) is 1. The fourth-order valence-electron chi connectivity index (χ4n) is 2.47. The number of amides is 1. The van der Waals surface area contributed by atoms with Gasteiger partial charge in [0.2, 0.25) is 0 Å². The maximum atomic E-state index is 11.7. The molecule has 0 unspecified atom stereocenters. The molecular weight excluding hydrogens is 294 g/mol. The molecule has 7 nitrogen and oxygen atoms in total. The standard InChI is InChI=1S/C16H27N5O2/c1-4-23-16(22)21-7-5-13(6-8-21)20-15-9-14(18-11-19-15)17-10-12(2)3/h9,11-13H,4-8,10H2,1-3H3,(H2,17,18,19,20). The lowest BCUT2D eigenvalue weighted by Crippen LogP contribution is -2.42. The minimum absolute atomic E-state index is 0.215. The number of hydrogen-bond donors (Lipinski definition) is 2. The van der Waals surface area contributed by atoms with Gasteiger partial charge in [0.1, 0.15) is 18.0 Å². The van der Waals surface area contributed by atoms with Crippen LogP contribution in [0.1, 0.15) is 33.6 Å². The van der Waals surface area contributed by atoms with E-state index in [2.05, 4.69) is 34.4 Å². The minimum Gasteiger partial charge on any atom is -0.450 e. The molecule has 2 N–H and O–H groups in total. The van der Waals surface area contributed by atoms with E-state index in [-0.39, 0.29) is 6.09 Å². The van der Waals surface area contributed by atoms with E-state index < -0.39 is 0 Å². The number of likely N-dealkylation sites (tertiary alicyclic amines) is 1. The molecule has 1 amide bonds. The Kier molecular flexibility index (Phi) is 6.43. The summed E-state index contributed by atoms with van der Waals surface area (Å²) >= 11 is 0. The molecule has 1 saturated heterocycles. The van der Waals surface area contributed by atoms with Crippen molar-refractivity contribution in [3.05, 3.63) is 12.4 Å². The first-order valence-corrected chi connectivity index (χ1v) is 8.32. The van der Waals surface area contributed by atoms with Crippen molar-refractivity contribution >= 4 is 17.7 Å². The summed E-state index contributed by atoms with van der Waals surface area (Å²) in [5, 5.41) is 6.73. The molecule has 2 rings (SSSR count). The van der Waals surface area contributed by atoms with Gasteiger partial charge in [0.05, 0.1) is 6.61 Å². The lowest BCUT2D eigenvalue weighted by atomic mass is 10.1. The summed E-state index contributed by atoms with van der Waals surface area (Å²) in [6, 6.07) is 2.24. The van der Waals surface area contributed by atoms with E-state index in [0.29, 0.717) is 31.7 Å². The zero-order chi connectivity index (χ0) is 16.7.